The van der Waals surface area contributed by atoms with Crippen molar-refractivity contribution < 1.29 is 56.1 Å². The number of hydrogen-bond donors (Lipinski definition) is 5. The first-order valence-corrected chi connectivity index (χ1v) is 22.2. The summed E-state index contributed by atoms with van der Waals surface area (Å²) in [5.41, 5.74) is 9.89. The number of fused-ring (bicyclic) bond motifs is 1. The highest BCUT2D eigenvalue weighted by Crippen LogP contribution is 2.44. The van der Waals surface area contributed by atoms with Crippen molar-refractivity contribution in [2.45, 2.75) is 19.6 Å². The lowest BCUT2D eigenvalue weighted by Crippen LogP contribution is -2.05. The molecular weight excluding hydrogens is 865 g/mol. The summed E-state index contributed by atoms with van der Waals surface area (Å²) in [6.45, 7) is 6.60. The number of nitrogen functional groups attached to an aromatic ring is 2. The van der Waals surface area contributed by atoms with E-state index in [2.05, 4.69) is 43.8 Å². The Labute approximate surface area is 331 Å². The van der Waals surface area contributed by atoms with Crippen LogP contribution in [-0.2, 0) is 51.3 Å². The minimum atomic E-state index is -5.06. The van der Waals surface area contributed by atoms with E-state index in [0.717, 1.165) is 30.3 Å². The Bertz CT molecular complexity index is 3140. The Hall–Kier alpha value is -5.97. The van der Waals surface area contributed by atoms with Crippen molar-refractivity contribution in [3.8, 4) is 0 Å². The molecule has 0 bridgehead atoms. The minimum Gasteiger partial charge on any atom is -0.768 e. The average Bonchev–Trinajstić information content (AvgIpc) is 3.15. The molecule has 1 unspecified atom stereocenters. The van der Waals surface area contributed by atoms with Crippen LogP contribution in [0.5, 0.6) is 0 Å². The number of hydrogen-bond acceptors (Lipinski definition) is 18. The second kappa shape index (κ2) is 16.1. The number of rotatable bonds is 13. The quantitative estimate of drug-likeness (QED) is 0.0353. The van der Waals surface area contributed by atoms with Gasteiger partial charge in [0.2, 0.25) is 0 Å². The SMILES string of the molecule is C=CS(=O)(=O)c1ccc(N=Nc2ccc(N=Nc3cc(S(=O)(=O)O)c(N)c(N=Nc4ccc(C(=C)S(=O)[O-])cc4)c3N)c3cc(S(=O)(=O)O)ccc23)c(S(=O)(=O)O)c1. The largest absolute Gasteiger partial charge is 0.768 e. The van der Waals surface area contributed by atoms with E-state index in [1.165, 1.54) is 42.5 Å². The van der Waals surface area contributed by atoms with E-state index in [0.29, 0.717) is 11.5 Å². The first-order valence-electron chi connectivity index (χ1n) is 15.3. The summed E-state index contributed by atoms with van der Waals surface area (Å²) in [6.07, 6.45) is 0. The van der Waals surface area contributed by atoms with Gasteiger partial charge in [-0.3, -0.25) is 17.9 Å². The summed E-state index contributed by atoms with van der Waals surface area (Å²) in [5, 5.41) is 24.3. The summed E-state index contributed by atoms with van der Waals surface area (Å²) in [4.78, 5) is -3.17. The van der Waals surface area contributed by atoms with E-state index < -0.39 is 99.3 Å². The van der Waals surface area contributed by atoms with Crippen molar-refractivity contribution in [1.82, 2.24) is 0 Å². The van der Waals surface area contributed by atoms with Gasteiger partial charge in [-0.1, -0.05) is 31.4 Å². The van der Waals surface area contributed by atoms with Crippen molar-refractivity contribution in [3.05, 3.63) is 103 Å². The van der Waals surface area contributed by atoms with Crippen LogP contribution in [0.3, 0.4) is 0 Å². The van der Waals surface area contributed by atoms with Crippen molar-refractivity contribution in [3.63, 3.8) is 0 Å². The highest BCUT2D eigenvalue weighted by atomic mass is 32.2. The molecule has 0 aliphatic rings. The second-order valence-electron chi connectivity index (χ2n) is 11.5. The van der Waals surface area contributed by atoms with Crippen LogP contribution in [0, 0.1) is 0 Å². The lowest BCUT2D eigenvalue weighted by molar-refractivity contribution is 0.481. The molecule has 0 aliphatic heterocycles. The maximum Gasteiger partial charge on any atom is 0.296 e. The van der Waals surface area contributed by atoms with Gasteiger partial charge in [-0.2, -0.15) is 30.4 Å². The summed E-state index contributed by atoms with van der Waals surface area (Å²) < 4.78 is 149. The predicted octanol–water partition coefficient (Wildman–Crippen LogP) is 6.76. The highest BCUT2D eigenvalue weighted by Gasteiger charge is 2.24. The molecule has 0 saturated heterocycles. The lowest BCUT2D eigenvalue weighted by atomic mass is 10.1. The molecule has 5 rings (SSSR count). The smallest absolute Gasteiger partial charge is 0.296 e. The molecule has 5 aromatic carbocycles. The van der Waals surface area contributed by atoms with E-state index in [1.54, 1.807) is 0 Å². The Morgan fingerprint density at radius 2 is 1.14 bits per heavy atom. The number of nitrogens with two attached hydrogens (primary N) is 2. The molecule has 1 atom stereocenters. The molecule has 0 amide bonds. The van der Waals surface area contributed by atoms with Crippen LogP contribution in [0.15, 0.2) is 148 Å². The van der Waals surface area contributed by atoms with Gasteiger partial charge in [0, 0.05) is 21.1 Å². The standard InChI is InChI=1S/C32H26N8O13S5/c1-3-55(43,44)20-9-11-26(28(15-20)57(48,49)50)38-36-24-12-13-25(23-14-21(56(45,46)47)8-10-22(23)24)37-39-27-16-29(58(51,52)53)31(34)32(30(27)33)40-35-19-6-4-18(5-7-19)17(2)54(41)42/h3-16H,1-2,33-34H2,(H,41,42)(H,45,46,47)(H,48,49,50)(H,51,52,53)/p-1. The molecule has 5 aromatic rings. The molecule has 26 heteroatoms. The third kappa shape index (κ3) is 9.41. The van der Waals surface area contributed by atoms with Crippen LogP contribution in [0.2, 0.25) is 0 Å². The Morgan fingerprint density at radius 1 is 0.603 bits per heavy atom. The first kappa shape index (κ1) is 43.2. The minimum absolute atomic E-state index is 0.0568. The van der Waals surface area contributed by atoms with Gasteiger partial charge in [0.05, 0.1) is 38.2 Å². The fourth-order valence-electron chi connectivity index (χ4n) is 4.89. The van der Waals surface area contributed by atoms with Gasteiger partial charge >= 0.3 is 0 Å². The molecular formula is C32H25N8O13S5-. The molecule has 302 valence electrons. The topological polar surface area (TPSA) is 364 Å². The third-order valence-electron chi connectivity index (χ3n) is 7.78. The molecule has 0 fully saturated rings. The number of azo groups is 3. The maximum absolute atomic E-state index is 12.3. The maximum atomic E-state index is 12.3. The first-order chi connectivity index (χ1) is 26.9. The Morgan fingerprint density at radius 3 is 1.69 bits per heavy atom. The Kier molecular flexibility index (Phi) is 12.0. The third-order valence-corrected chi connectivity index (χ3v) is 12.4. The van der Waals surface area contributed by atoms with Crippen molar-refractivity contribution in [2.75, 3.05) is 11.5 Å². The molecule has 0 aromatic heterocycles. The summed E-state index contributed by atoms with van der Waals surface area (Å²) >= 11 is -2.59. The van der Waals surface area contributed by atoms with E-state index >= 15 is 0 Å². The molecule has 0 spiro atoms. The fourth-order valence-corrected chi connectivity index (χ4v) is 7.81. The summed E-state index contributed by atoms with van der Waals surface area (Å²) in [6, 6.07) is 14.3. The molecule has 0 radical (unpaired) electrons. The molecule has 0 aliphatic carbocycles. The van der Waals surface area contributed by atoms with Crippen LogP contribution in [0.25, 0.3) is 15.7 Å². The van der Waals surface area contributed by atoms with E-state index in [9.17, 15) is 56.1 Å². The van der Waals surface area contributed by atoms with E-state index in [-0.39, 0.29) is 38.3 Å². The normalized spacial score (nSPS) is 13.4. The lowest BCUT2D eigenvalue weighted by Gasteiger charge is -2.11. The van der Waals surface area contributed by atoms with Gasteiger partial charge in [0.25, 0.3) is 30.4 Å². The van der Waals surface area contributed by atoms with Crippen LogP contribution in [0.4, 0.5) is 45.5 Å². The average molecular weight is 890 g/mol. The number of benzene rings is 5. The number of sulfone groups is 1. The zero-order chi connectivity index (χ0) is 43.0. The van der Waals surface area contributed by atoms with Crippen molar-refractivity contribution in [2.24, 2.45) is 30.7 Å². The van der Waals surface area contributed by atoms with Crippen LogP contribution < -0.4 is 11.5 Å². The second-order valence-corrected chi connectivity index (χ2v) is 18.5. The molecule has 7 N–H and O–H groups in total. The molecule has 58 heavy (non-hydrogen) atoms. The Balaban J connectivity index is 1.63. The van der Waals surface area contributed by atoms with Gasteiger partial charge in [0.15, 0.2) is 9.84 Å². The van der Waals surface area contributed by atoms with Gasteiger partial charge in [-0.05, 0) is 77.3 Å². The fraction of sp³-hybridized carbons (Fsp3) is 0. The van der Waals surface area contributed by atoms with Gasteiger partial charge in [-0.15, -0.1) is 25.6 Å². The zero-order valence-corrected chi connectivity index (χ0v) is 32.9. The van der Waals surface area contributed by atoms with E-state index in [1.807, 2.05) is 0 Å². The number of nitrogens with zero attached hydrogens (tertiary/aromatic N) is 6. The molecule has 0 heterocycles. The van der Waals surface area contributed by atoms with Gasteiger partial charge in [0.1, 0.15) is 26.9 Å². The van der Waals surface area contributed by atoms with Crippen molar-refractivity contribution in [1.29, 1.82) is 0 Å². The monoisotopic (exact) mass is 889 g/mol. The van der Waals surface area contributed by atoms with Crippen LogP contribution in [-0.4, -0.2) is 56.1 Å². The van der Waals surface area contributed by atoms with E-state index in [4.69, 9.17) is 11.5 Å². The summed E-state index contributed by atoms with van der Waals surface area (Å²) in [5.74, 6) is 0. The predicted molar refractivity (Wildman–Crippen MR) is 209 cm³/mol. The highest BCUT2D eigenvalue weighted by molar-refractivity contribution is 7.94. The van der Waals surface area contributed by atoms with Crippen LogP contribution in [0.1, 0.15) is 5.56 Å². The van der Waals surface area contributed by atoms with Gasteiger partial charge in [-0.25, -0.2) is 8.42 Å². The molecule has 0 saturated carbocycles. The molecule has 21 nitrogen and oxygen atoms in total. The number of anilines is 2. The van der Waals surface area contributed by atoms with Crippen molar-refractivity contribution >= 4 is 112 Å². The summed E-state index contributed by atoms with van der Waals surface area (Å²) in [7, 11) is -19.1. The van der Waals surface area contributed by atoms with Crippen LogP contribution >= 0.6 is 0 Å². The van der Waals surface area contributed by atoms with Gasteiger partial charge < -0.3 is 16.0 Å². The zero-order valence-electron chi connectivity index (χ0n) is 28.8.